The quantitative estimate of drug-likeness (QED) is 0.637. The second-order valence-corrected chi connectivity index (χ2v) is 7.01. The van der Waals surface area contributed by atoms with E-state index in [-0.39, 0.29) is 17.2 Å². The summed E-state index contributed by atoms with van der Waals surface area (Å²) < 4.78 is 0. The van der Waals surface area contributed by atoms with Crippen molar-refractivity contribution in [3.63, 3.8) is 0 Å². The molecular weight excluding hydrogens is 222 g/mol. The fraction of sp³-hybridized carbons (Fsp3) is 1.00. The number of nitrogens with one attached hydrogen (secondary N) is 2. The molecule has 1 rings (SSSR count). The topological polar surface area (TPSA) is 59.1 Å². The van der Waals surface area contributed by atoms with Crippen LogP contribution in [0.2, 0.25) is 0 Å². The predicted octanol–water partition coefficient (Wildman–Crippen LogP) is 3.63. The van der Waals surface area contributed by atoms with Gasteiger partial charge in [0.1, 0.15) is 0 Å². The van der Waals surface area contributed by atoms with E-state index in [0.717, 1.165) is 0 Å². The zero-order chi connectivity index (χ0) is 12.9. The molecule has 0 bridgehead atoms. The SMILES string of the molecule is CCCCCCNC1CC(C)(C)NC(C)(C)C1.N. The third kappa shape index (κ3) is 6.72. The average molecular weight is 257 g/mol. The number of hydrogen-bond donors (Lipinski definition) is 3. The summed E-state index contributed by atoms with van der Waals surface area (Å²) >= 11 is 0. The van der Waals surface area contributed by atoms with Crippen molar-refractivity contribution < 1.29 is 0 Å². The van der Waals surface area contributed by atoms with Gasteiger partial charge in [-0.25, -0.2) is 0 Å². The first kappa shape index (κ1) is 17.9. The first-order valence-electron chi connectivity index (χ1n) is 7.37. The van der Waals surface area contributed by atoms with Gasteiger partial charge in [0.15, 0.2) is 0 Å². The van der Waals surface area contributed by atoms with Crippen LogP contribution < -0.4 is 16.8 Å². The Balaban J connectivity index is 0.00000289. The molecular formula is C15H35N3. The lowest BCUT2D eigenvalue weighted by Crippen LogP contribution is -2.61. The lowest BCUT2D eigenvalue weighted by molar-refractivity contribution is 0.146. The zero-order valence-electron chi connectivity index (χ0n) is 13.2. The number of hydrogen-bond acceptors (Lipinski definition) is 3. The van der Waals surface area contributed by atoms with E-state index in [0.29, 0.717) is 6.04 Å². The van der Waals surface area contributed by atoms with E-state index in [4.69, 9.17) is 0 Å². The Bertz CT molecular complexity index is 208. The smallest absolute Gasteiger partial charge is 0.0144 e. The molecule has 1 aliphatic heterocycles. The molecule has 0 spiro atoms. The zero-order valence-corrected chi connectivity index (χ0v) is 13.2. The Kier molecular flexibility index (Phi) is 7.41. The van der Waals surface area contributed by atoms with Gasteiger partial charge in [-0.1, -0.05) is 26.2 Å². The van der Waals surface area contributed by atoms with Crippen LogP contribution in [0.4, 0.5) is 0 Å². The maximum Gasteiger partial charge on any atom is 0.0144 e. The van der Waals surface area contributed by atoms with Crippen molar-refractivity contribution in [3.8, 4) is 0 Å². The van der Waals surface area contributed by atoms with E-state index < -0.39 is 0 Å². The van der Waals surface area contributed by atoms with Gasteiger partial charge >= 0.3 is 0 Å². The van der Waals surface area contributed by atoms with Gasteiger partial charge in [-0.2, -0.15) is 0 Å². The Hall–Kier alpha value is -0.120. The van der Waals surface area contributed by atoms with Crippen LogP contribution in [0, 0.1) is 0 Å². The summed E-state index contributed by atoms with van der Waals surface area (Å²) in [4.78, 5) is 0. The minimum Gasteiger partial charge on any atom is -0.344 e. The monoisotopic (exact) mass is 257 g/mol. The normalized spacial score (nSPS) is 22.5. The van der Waals surface area contributed by atoms with Crippen molar-refractivity contribution in [1.29, 1.82) is 0 Å². The minimum absolute atomic E-state index is 0. The van der Waals surface area contributed by atoms with Crippen molar-refractivity contribution in [1.82, 2.24) is 16.8 Å². The van der Waals surface area contributed by atoms with Crippen molar-refractivity contribution in [2.45, 2.75) is 90.3 Å². The predicted molar refractivity (Wildman–Crippen MR) is 81.5 cm³/mol. The van der Waals surface area contributed by atoms with Crippen LogP contribution in [0.5, 0.6) is 0 Å². The molecule has 0 amide bonds. The van der Waals surface area contributed by atoms with E-state index in [9.17, 15) is 0 Å². The molecule has 0 aromatic heterocycles. The molecule has 1 heterocycles. The molecule has 0 aliphatic carbocycles. The lowest BCUT2D eigenvalue weighted by Gasteiger charge is -2.46. The second kappa shape index (κ2) is 7.46. The van der Waals surface area contributed by atoms with Gasteiger partial charge < -0.3 is 16.8 Å². The summed E-state index contributed by atoms with van der Waals surface area (Å²) in [5, 5.41) is 7.48. The van der Waals surface area contributed by atoms with Crippen LogP contribution in [0.15, 0.2) is 0 Å². The molecule has 0 atom stereocenters. The maximum atomic E-state index is 3.75. The van der Waals surface area contributed by atoms with Gasteiger partial charge in [-0.15, -0.1) is 0 Å². The van der Waals surface area contributed by atoms with E-state index in [1.165, 1.54) is 45.1 Å². The molecule has 1 saturated heterocycles. The Morgan fingerprint density at radius 3 is 2.06 bits per heavy atom. The van der Waals surface area contributed by atoms with Gasteiger partial charge in [0.2, 0.25) is 0 Å². The number of rotatable bonds is 6. The molecule has 0 unspecified atom stereocenters. The third-order valence-electron chi connectivity index (χ3n) is 3.65. The molecule has 110 valence electrons. The molecule has 3 heteroatoms. The largest absolute Gasteiger partial charge is 0.344 e. The average Bonchev–Trinajstić information content (AvgIpc) is 2.12. The van der Waals surface area contributed by atoms with Crippen molar-refractivity contribution in [2.75, 3.05) is 6.54 Å². The van der Waals surface area contributed by atoms with Gasteiger partial charge in [0.25, 0.3) is 0 Å². The van der Waals surface area contributed by atoms with Crippen molar-refractivity contribution >= 4 is 0 Å². The molecule has 1 aliphatic rings. The van der Waals surface area contributed by atoms with Gasteiger partial charge in [-0.05, 0) is 53.5 Å². The molecule has 3 nitrogen and oxygen atoms in total. The summed E-state index contributed by atoms with van der Waals surface area (Å²) in [5.74, 6) is 0. The first-order valence-corrected chi connectivity index (χ1v) is 7.37. The van der Waals surface area contributed by atoms with E-state index in [2.05, 4.69) is 45.3 Å². The summed E-state index contributed by atoms with van der Waals surface area (Å²) in [6.07, 6.45) is 7.90. The van der Waals surface area contributed by atoms with Crippen LogP contribution in [0.3, 0.4) is 0 Å². The number of piperidine rings is 1. The van der Waals surface area contributed by atoms with Crippen molar-refractivity contribution in [3.05, 3.63) is 0 Å². The molecule has 18 heavy (non-hydrogen) atoms. The van der Waals surface area contributed by atoms with Crippen LogP contribution in [0.25, 0.3) is 0 Å². The second-order valence-electron chi connectivity index (χ2n) is 7.01. The number of unbranched alkanes of at least 4 members (excludes halogenated alkanes) is 3. The minimum atomic E-state index is 0. The highest BCUT2D eigenvalue weighted by Crippen LogP contribution is 2.28. The first-order chi connectivity index (χ1) is 7.85. The molecule has 0 saturated carbocycles. The third-order valence-corrected chi connectivity index (χ3v) is 3.65. The van der Waals surface area contributed by atoms with Gasteiger partial charge in [0.05, 0.1) is 0 Å². The summed E-state index contributed by atoms with van der Waals surface area (Å²) in [6, 6.07) is 0.683. The van der Waals surface area contributed by atoms with Crippen LogP contribution in [-0.2, 0) is 0 Å². The Labute approximate surface area is 114 Å². The Morgan fingerprint density at radius 1 is 1.00 bits per heavy atom. The summed E-state index contributed by atoms with van der Waals surface area (Å²) in [6.45, 7) is 12.7. The highest BCUT2D eigenvalue weighted by Gasteiger charge is 2.37. The molecule has 0 aromatic carbocycles. The fourth-order valence-corrected chi connectivity index (χ4v) is 3.32. The van der Waals surface area contributed by atoms with E-state index in [1.807, 2.05) is 0 Å². The summed E-state index contributed by atoms with van der Waals surface area (Å²) in [7, 11) is 0. The van der Waals surface area contributed by atoms with Crippen molar-refractivity contribution in [2.24, 2.45) is 0 Å². The lowest BCUT2D eigenvalue weighted by atomic mass is 9.79. The van der Waals surface area contributed by atoms with E-state index in [1.54, 1.807) is 0 Å². The van der Waals surface area contributed by atoms with Crippen LogP contribution in [-0.4, -0.2) is 23.7 Å². The standard InChI is InChI=1S/C15H32N2.H3N/c1-6-7-8-9-10-16-13-11-14(2,3)17-15(4,5)12-13;/h13,16-17H,6-12H2,1-5H3;1H3. The highest BCUT2D eigenvalue weighted by atomic mass is 15.1. The molecule has 1 fully saturated rings. The van der Waals surface area contributed by atoms with Gasteiger partial charge in [0, 0.05) is 17.1 Å². The fourth-order valence-electron chi connectivity index (χ4n) is 3.32. The summed E-state index contributed by atoms with van der Waals surface area (Å²) in [5.41, 5.74) is 0.533. The van der Waals surface area contributed by atoms with E-state index >= 15 is 0 Å². The highest BCUT2D eigenvalue weighted by molar-refractivity contribution is 4.99. The van der Waals surface area contributed by atoms with Crippen LogP contribution in [0.1, 0.15) is 73.1 Å². The molecule has 5 N–H and O–H groups in total. The Morgan fingerprint density at radius 2 is 1.56 bits per heavy atom. The maximum absolute atomic E-state index is 3.75. The van der Waals surface area contributed by atoms with Crippen LogP contribution >= 0.6 is 0 Å². The van der Waals surface area contributed by atoms with Gasteiger partial charge in [-0.3, -0.25) is 0 Å². The molecule has 0 radical (unpaired) electrons. The molecule has 0 aromatic rings.